The fraction of sp³-hybridized carbons (Fsp3) is 1.00. The van der Waals surface area contributed by atoms with Gasteiger partial charge in [-0.15, -0.1) is 0 Å². The first kappa shape index (κ1) is 5.65. The number of fused-ring (bicyclic) bond motifs is 2. The van der Waals surface area contributed by atoms with Crippen LogP contribution in [0.3, 0.4) is 0 Å². The minimum Gasteiger partial charge on any atom is -0.391 e. The van der Waals surface area contributed by atoms with Crippen molar-refractivity contribution in [3.63, 3.8) is 0 Å². The Balaban J connectivity index is 2.16. The third kappa shape index (κ3) is 0.625. The molecule has 1 saturated heterocycles. The summed E-state index contributed by atoms with van der Waals surface area (Å²) in [6, 6.07) is 0.398. The van der Waals surface area contributed by atoms with Crippen molar-refractivity contribution >= 4 is 0 Å². The van der Waals surface area contributed by atoms with Crippen LogP contribution in [-0.2, 0) is 0 Å². The molecule has 1 heterocycles. The fourth-order valence-corrected chi connectivity index (χ4v) is 1.94. The molecule has 0 radical (unpaired) electrons. The minimum atomic E-state index is -0.182. The highest BCUT2D eigenvalue weighted by atomic mass is 16.3. The van der Waals surface area contributed by atoms with Crippen LogP contribution in [0.2, 0.25) is 0 Å². The molecular formula is C6H12N2O. The maximum absolute atomic E-state index is 9.25. The van der Waals surface area contributed by atoms with Gasteiger partial charge in [0.15, 0.2) is 0 Å². The van der Waals surface area contributed by atoms with Crippen molar-refractivity contribution in [2.75, 3.05) is 6.54 Å². The van der Waals surface area contributed by atoms with E-state index in [0.29, 0.717) is 5.92 Å². The van der Waals surface area contributed by atoms with Gasteiger partial charge in [0.25, 0.3) is 0 Å². The standard InChI is InChI=1S/C6H12N2O/c7-5-3-1-4(9)6(5)8-2-3/h3-6,8-9H,1-2,7H2/t3-,4+,5-,6-/m1/s1. The van der Waals surface area contributed by atoms with Crippen LogP contribution in [0.1, 0.15) is 6.42 Å². The van der Waals surface area contributed by atoms with Crippen LogP contribution in [0.25, 0.3) is 0 Å². The van der Waals surface area contributed by atoms with E-state index in [-0.39, 0.29) is 18.2 Å². The Morgan fingerprint density at radius 3 is 2.56 bits per heavy atom. The van der Waals surface area contributed by atoms with Crippen LogP contribution in [0.15, 0.2) is 0 Å². The lowest BCUT2D eigenvalue weighted by molar-refractivity contribution is 0.133. The number of hydrogen-bond donors (Lipinski definition) is 3. The number of rotatable bonds is 0. The largest absolute Gasteiger partial charge is 0.391 e. The van der Waals surface area contributed by atoms with Crippen molar-refractivity contribution in [2.24, 2.45) is 11.7 Å². The number of aliphatic hydroxyl groups excluding tert-OH is 1. The van der Waals surface area contributed by atoms with Crippen LogP contribution >= 0.6 is 0 Å². The van der Waals surface area contributed by atoms with Gasteiger partial charge in [0.05, 0.1) is 6.10 Å². The van der Waals surface area contributed by atoms with Crippen molar-refractivity contribution in [3.8, 4) is 0 Å². The SMILES string of the molecule is N[C@@H]1[C@H]2CN[C@@H]1[C@@H](O)C2. The van der Waals surface area contributed by atoms with E-state index in [1.165, 1.54) is 0 Å². The van der Waals surface area contributed by atoms with Crippen molar-refractivity contribution in [2.45, 2.75) is 24.6 Å². The van der Waals surface area contributed by atoms with E-state index in [1.807, 2.05) is 0 Å². The van der Waals surface area contributed by atoms with Gasteiger partial charge in [-0.1, -0.05) is 0 Å². The second-order valence-electron chi connectivity index (χ2n) is 3.07. The molecule has 2 fully saturated rings. The van der Waals surface area contributed by atoms with Crippen molar-refractivity contribution in [1.29, 1.82) is 0 Å². The predicted octanol–water partition coefficient (Wildman–Crippen LogP) is -1.33. The molecule has 3 nitrogen and oxygen atoms in total. The summed E-state index contributed by atoms with van der Waals surface area (Å²) in [5.41, 5.74) is 5.75. The Bertz CT molecular complexity index is 128. The smallest absolute Gasteiger partial charge is 0.0712 e. The minimum absolute atomic E-state index is 0.182. The molecule has 1 aliphatic heterocycles. The van der Waals surface area contributed by atoms with E-state index >= 15 is 0 Å². The Labute approximate surface area is 54.2 Å². The van der Waals surface area contributed by atoms with Crippen molar-refractivity contribution < 1.29 is 5.11 Å². The first-order valence-electron chi connectivity index (χ1n) is 3.46. The quantitative estimate of drug-likeness (QED) is 0.379. The third-order valence-corrected chi connectivity index (χ3v) is 2.53. The molecule has 0 spiro atoms. The number of nitrogens with two attached hydrogens (primary N) is 1. The normalized spacial score (nSPS) is 56.7. The van der Waals surface area contributed by atoms with E-state index in [4.69, 9.17) is 5.73 Å². The average Bonchev–Trinajstić information content (AvgIpc) is 2.25. The molecule has 52 valence electrons. The predicted molar refractivity (Wildman–Crippen MR) is 33.9 cm³/mol. The summed E-state index contributed by atoms with van der Waals surface area (Å²) in [7, 11) is 0. The molecule has 3 heteroatoms. The van der Waals surface area contributed by atoms with Gasteiger partial charge in [0.1, 0.15) is 0 Å². The number of piperidine rings is 1. The molecule has 2 rings (SSSR count). The highest BCUT2D eigenvalue weighted by molar-refractivity contribution is 5.04. The Morgan fingerprint density at radius 1 is 1.56 bits per heavy atom. The fourth-order valence-electron chi connectivity index (χ4n) is 1.94. The Kier molecular flexibility index (Phi) is 1.06. The summed E-state index contributed by atoms with van der Waals surface area (Å²) >= 11 is 0. The molecule has 0 aromatic heterocycles. The molecule has 1 saturated carbocycles. The summed E-state index contributed by atoms with van der Waals surface area (Å²) in [4.78, 5) is 0. The molecule has 2 aliphatic rings. The van der Waals surface area contributed by atoms with Crippen LogP contribution in [0, 0.1) is 5.92 Å². The molecule has 2 bridgehead atoms. The first-order valence-corrected chi connectivity index (χ1v) is 3.46. The number of nitrogens with one attached hydrogen (secondary N) is 1. The van der Waals surface area contributed by atoms with E-state index in [9.17, 15) is 5.11 Å². The number of aliphatic hydroxyl groups is 1. The zero-order valence-electron chi connectivity index (χ0n) is 5.25. The zero-order valence-corrected chi connectivity index (χ0v) is 5.25. The number of hydrogen-bond acceptors (Lipinski definition) is 3. The second kappa shape index (κ2) is 1.68. The third-order valence-electron chi connectivity index (χ3n) is 2.53. The highest BCUT2D eigenvalue weighted by Crippen LogP contribution is 2.29. The molecule has 0 aromatic rings. The van der Waals surface area contributed by atoms with Gasteiger partial charge in [-0.25, -0.2) is 0 Å². The van der Waals surface area contributed by atoms with Crippen LogP contribution in [0.5, 0.6) is 0 Å². The Hall–Kier alpha value is -0.120. The van der Waals surface area contributed by atoms with Crippen LogP contribution in [0.4, 0.5) is 0 Å². The van der Waals surface area contributed by atoms with Gasteiger partial charge < -0.3 is 16.2 Å². The van der Waals surface area contributed by atoms with Crippen molar-refractivity contribution in [1.82, 2.24) is 5.32 Å². The molecule has 0 amide bonds. The summed E-state index contributed by atoms with van der Waals surface area (Å²) < 4.78 is 0. The maximum Gasteiger partial charge on any atom is 0.0712 e. The molecule has 4 N–H and O–H groups in total. The van der Waals surface area contributed by atoms with E-state index in [1.54, 1.807) is 0 Å². The van der Waals surface area contributed by atoms with E-state index in [0.717, 1.165) is 13.0 Å². The molecular weight excluding hydrogens is 116 g/mol. The monoisotopic (exact) mass is 128 g/mol. The maximum atomic E-state index is 9.25. The lowest BCUT2D eigenvalue weighted by Crippen LogP contribution is -2.41. The highest BCUT2D eigenvalue weighted by Gasteiger charge is 2.45. The zero-order chi connectivity index (χ0) is 6.43. The van der Waals surface area contributed by atoms with Gasteiger partial charge in [0, 0.05) is 18.6 Å². The van der Waals surface area contributed by atoms with Crippen LogP contribution < -0.4 is 11.1 Å². The molecule has 0 aromatic carbocycles. The molecule has 0 unspecified atom stereocenters. The van der Waals surface area contributed by atoms with Crippen molar-refractivity contribution in [3.05, 3.63) is 0 Å². The lowest BCUT2D eigenvalue weighted by atomic mass is 10.1. The summed E-state index contributed by atoms with van der Waals surface area (Å²) in [5.74, 6) is 0.532. The summed E-state index contributed by atoms with van der Waals surface area (Å²) in [6.07, 6.45) is 0.720. The van der Waals surface area contributed by atoms with Gasteiger partial charge in [-0.3, -0.25) is 0 Å². The molecule has 9 heavy (non-hydrogen) atoms. The summed E-state index contributed by atoms with van der Waals surface area (Å²) in [6.45, 7) is 1.00. The van der Waals surface area contributed by atoms with Gasteiger partial charge in [0.2, 0.25) is 0 Å². The first-order chi connectivity index (χ1) is 4.29. The lowest BCUT2D eigenvalue weighted by Gasteiger charge is -2.16. The summed E-state index contributed by atoms with van der Waals surface area (Å²) in [5, 5.41) is 12.4. The van der Waals surface area contributed by atoms with E-state index in [2.05, 4.69) is 5.32 Å². The molecule has 4 atom stereocenters. The van der Waals surface area contributed by atoms with Crippen LogP contribution in [-0.4, -0.2) is 29.8 Å². The second-order valence-corrected chi connectivity index (χ2v) is 3.07. The Morgan fingerprint density at radius 2 is 2.33 bits per heavy atom. The van der Waals surface area contributed by atoms with Gasteiger partial charge in [-0.2, -0.15) is 0 Å². The average molecular weight is 128 g/mol. The van der Waals surface area contributed by atoms with Gasteiger partial charge in [-0.05, 0) is 12.3 Å². The van der Waals surface area contributed by atoms with Gasteiger partial charge >= 0.3 is 0 Å². The molecule has 1 aliphatic carbocycles. The van der Waals surface area contributed by atoms with E-state index < -0.39 is 0 Å². The topological polar surface area (TPSA) is 58.3 Å².